The summed E-state index contributed by atoms with van der Waals surface area (Å²) in [6, 6.07) is 8.82. The molecule has 4 rings (SSSR count). The van der Waals surface area contributed by atoms with E-state index >= 15 is 0 Å². The fourth-order valence-electron chi connectivity index (χ4n) is 3.78. The summed E-state index contributed by atoms with van der Waals surface area (Å²) >= 11 is 0. The van der Waals surface area contributed by atoms with Gasteiger partial charge in [0.15, 0.2) is 0 Å². The molecule has 3 heterocycles. The van der Waals surface area contributed by atoms with Crippen molar-refractivity contribution in [3.8, 4) is 5.88 Å². The van der Waals surface area contributed by atoms with Gasteiger partial charge in [0.25, 0.3) is 0 Å². The number of fused-ring (bicyclic) bond motifs is 2. The lowest BCUT2D eigenvalue weighted by Gasteiger charge is -2.23. The number of benzene rings is 1. The molecule has 1 unspecified atom stereocenters. The molecule has 0 saturated carbocycles. The maximum absolute atomic E-state index is 6.11. The molecule has 4 heteroatoms. The van der Waals surface area contributed by atoms with Crippen LogP contribution >= 0.6 is 0 Å². The van der Waals surface area contributed by atoms with E-state index in [-0.39, 0.29) is 6.10 Å². The van der Waals surface area contributed by atoms with Gasteiger partial charge in [-0.2, -0.15) is 4.98 Å². The van der Waals surface area contributed by atoms with Crippen molar-refractivity contribution in [3.63, 3.8) is 0 Å². The topological polar surface area (TPSA) is 38.3 Å². The van der Waals surface area contributed by atoms with E-state index in [2.05, 4.69) is 46.1 Å². The van der Waals surface area contributed by atoms with Gasteiger partial charge in [0.2, 0.25) is 5.88 Å². The van der Waals surface area contributed by atoms with E-state index in [1.807, 2.05) is 6.92 Å². The van der Waals surface area contributed by atoms with Crippen LogP contribution in [0.3, 0.4) is 0 Å². The van der Waals surface area contributed by atoms with Crippen molar-refractivity contribution in [2.45, 2.75) is 45.8 Å². The number of rotatable bonds is 2. The number of nitrogens with zero attached hydrogens (tertiary/aromatic N) is 3. The fourth-order valence-corrected chi connectivity index (χ4v) is 3.78. The molecule has 1 aromatic carbocycles. The monoisotopic (exact) mass is 309 g/mol. The van der Waals surface area contributed by atoms with Crippen LogP contribution in [0.5, 0.6) is 5.88 Å². The first-order valence-electron chi connectivity index (χ1n) is 8.49. The van der Waals surface area contributed by atoms with Crippen molar-refractivity contribution in [2.75, 3.05) is 13.1 Å². The van der Waals surface area contributed by atoms with Gasteiger partial charge < -0.3 is 4.74 Å². The predicted octanol–water partition coefficient (Wildman–Crippen LogP) is 2.85. The molecule has 0 fully saturated rings. The highest BCUT2D eigenvalue weighted by molar-refractivity contribution is 5.35. The van der Waals surface area contributed by atoms with Gasteiger partial charge in [-0.05, 0) is 44.4 Å². The first-order chi connectivity index (χ1) is 11.2. The minimum absolute atomic E-state index is 0.199. The molecule has 2 aromatic rings. The summed E-state index contributed by atoms with van der Waals surface area (Å²) in [6.07, 6.45) is 3.53. The molecule has 2 aliphatic heterocycles. The molecule has 0 spiro atoms. The molecule has 120 valence electrons. The van der Waals surface area contributed by atoms with Gasteiger partial charge >= 0.3 is 0 Å². The minimum Gasteiger partial charge on any atom is -0.472 e. The average molecular weight is 309 g/mol. The molecule has 0 aliphatic carbocycles. The summed E-state index contributed by atoms with van der Waals surface area (Å²) in [6.45, 7) is 7.10. The van der Waals surface area contributed by atoms with Gasteiger partial charge in [-0.15, -0.1) is 0 Å². The second kappa shape index (κ2) is 5.93. The molecule has 0 radical (unpaired) electrons. The van der Waals surface area contributed by atoms with Gasteiger partial charge in [-0.3, -0.25) is 4.90 Å². The zero-order valence-electron chi connectivity index (χ0n) is 13.9. The first-order valence-corrected chi connectivity index (χ1v) is 8.49. The van der Waals surface area contributed by atoms with Crippen molar-refractivity contribution >= 4 is 0 Å². The van der Waals surface area contributed by atoms with Gasteiger partial charge in [-0.25, -0.2) is 4.98 Å². The number of hydrogen-bond acceptors (Lipinski definition) is 4. The molecule has 0 N–H and O–H groups in total. The smallest absolute Gasteiger partial charge is 0.220 e. The fraction of sp³-hybridized carbons (Fsp3) is 0.474. The maximum Gasteiger partial charge on any atom is 0.220 e. The maximum atomic E-state index is 6.11. The van der Waals surface area contributed by atoms with Crippen LogP contribution in [0.2, 0.25) is 0 Å². The van der Waals surface area contributed by atoms with E-state index in [1.54, 1.807) is 0 Å². The molecule has 1 aromatic heterocycles. The number of aromatic nitrogens is 2. The van der Waals surface area contributed by atoms with Crippen molar-refractivity contribution < 1.29 is 4.74 Å². The molecule has 23 heavy (non-hydrogen) atoms. The summed E-state index contributed by atoms with van der Waals surface area (Å²) < 4.78 is 6.11. The van der Waals surface area contributed by atoms with E-state index in [1.165, 1.54) is 29.5 Å². The Bertz CT molecular complexity index is 729. The Morgan fingerprint density at radius 3 is 2.87 bits per heavy atom. The Morgan fingerprint density at radius 1 is 1.17 bits per heavy atom. The normalized spacial score (nSPS) is 20.5. The lowest BCUT2D eigenvalue weighted by Crippen LogP contribution is -2.34. The largest absolute Gasteiger partial charge is 0.472 e. The van der Waals surface area contributed by atoms with E-state index in [0.29, 0.717) is 0 Å². The second-order valence-corrected chi connectivity index (χ2v) is 6.69. The zero-order chi connectivity index (χ0) is 15.8. The first kappa shape index (κ1) is 14.6. The third-order valence-electron chi connectivity index (χ3n) is 4.89. The SMILES string of the molecule is Cc1nc(C)c2c(n1)OC(CN1CCCc3ccccc3C1)C2. The van der Waals surface area contributed by atoms with Crippen LogP contribution in [0.1, 0.15) is 34.6 Å². The van der Waals surface area contributed by atoms with Crippen molar-refractivity contribution in [1.82, 2.24) is 14.9 Å². The Kier molecular flexibility index (Phi) is 3.77. The van der Waals surface area contributed by atoms with Crippen LogP contribution < -0.4 is 4.74 Å². The molecule has 1 atom stereocenters. The summed E-state index contributed by atoms with van der Waals surface area (Å²) in [5.74, 6) is 1.60. The van der Waals surface area contributed by atoms with Gasteiger partial charge in [0, 0.05) is 30.8 Å². The van der Waals surface area contributed by atoms with Crippen molar-refractivity contribution in [2.24, 2.45) is 0 Å². The molecule has 2 aliphatic rings. The lowest BCUT2D eigenvalue weighted by atomic mass is 10.0. The Balaban J connectivity index is 1.47. The van der Waals surface area contributed by atoms with Crippen molar-refractivity contribution in [1.29, 1.82) is 0 Å². The quantitative estimate of drug-likeness (QED) is 0.855. The lowest BCUT2D eigenvalue weighted by molar-refractivity contribution is 0.143. The predicted molar refractivity (Wildman–Crippen MR) is 89.7 cm³/mol. The second-order valence-electron chi connectivity index (χ2n) is 6.69. The molecule has 4 nitrogen and oxygen atoms in total. The molecular formula is C19H23N3O. The van der Waals surface area contributed by atoms with Crippen LogP contribution in [-0.2, 0) is 19.4 Å². The minimum atomic E-state index is 0.199. The van der Waals surface area contributed by atoms with Gasteiger partial charge in [-0.1, -0.05) is 24.3 Å². The summed E-state index contributed by atoms with van der Waals surface area (Å²) in [5.41, 5.74) is 5.22. The van der Waals surface area contributed by atoms with Crippen LogP contribution in [0.25, 0.3) is 0 Å². The van der Waals surface area contributed by atoms with E-state index < -0.39 is 0 Å². The van der Waals surface area contributed by atoms with E-state index in [9.17, 15) is 0 Å². The van der Waals surface area contributed by atoms with Gasteiger partial charge in [0.1, 0.15) is 11.9 Å². The number of hydrogen-bond donors (Lipinski definition) is 0. The van der Waals surface area contributed by atoms with Crippen molar-refractivity contribution in [3.05, 3.63) is 52.5 Å². The zero-order valence-corrected chi connectivity index (χ0v) is 13.9. The Morgan fingerprint density at radius 2 is 2.00 bits per heavy atom. The third-order valence-corrected chi connectivity index (χ3v) is 4.89. The van der Waals surface area contributed by atoms with Crippen LogP contribution in [0.15, 0.2) is 24.3 Å². The molecular weight excluding hydrogens is 286 g/mol. The summed E-state index contributed by atoms with van der Waals surface area (Å²) in [5, 5.41) is 0. The van der Waals surface area contributed by atoms with Crippen LogP contribution in [-0.4, -0.2) is 34.1 Å². The summed E-state index contributed by atoms with van der Waals surface area (Å²) in [7, 11) is 0. The highest BCUT2D eigenvalue weighted by Crippen LogP contribution is 2.29. The average Bonchev–Trinajstić information content (AvgIpc) is 2.80. The molecule has 0 saturated heterocycles. The standard InChI is InChI=1S/C19H23N3O/c1-13-18-10-17(23-19(18)21-14(2)20-13)12-22-9-5-8-15-6-3-4-7-16(15)11-22/h3-4,6-7,17H,5,8-12H2,1-2H3. The van der Waals surface area contributed by atoms with Crippen LogP contribution in [0, 0.1) is 13.8 Å². The third kappa shape index (κ3) is 2.95. The van der Waals surface area contributed by atoms with E-state index in [4.69, 9.17) is 4.74 Å². The van der Waals surface area contributed by atoms with E-state index in [0.717, 1.165) is 43.5 Å². The Hall–Kier alpha value is -1.94. The Labute approximate surface area is 137 Å². The summed E-state index contributed by atoms with van der Waals surface area (Å²) in [4.78, 5) is 11.5. The molecule has 0 amide bonds. The molecule has 0 bridgehead atoms. The highest BCUT2D eigenvalue weighted by atomic mass is 16.5. The number of aryl methyl sites for hydroxylation is 3. The number of ether oxygens (including phenoxy) is 1. The van der Waals surface area contributed by atoms with Gasteiger partial charge in [0.05, 0.1) is 0 Å². The van der Waals surface area contributed by atoms with Crippen LogP contribution in [0.4, 0.5) is 0 Å². The highest BCUT2D eigenvalue weighted by Gasteiger charge is 2.29.